The maximum Gasteiger partial charge on any atom is 0.311 e. The second-order valence-electron chi connectivity index (χ2n) is 5.38. The Kier molecular flexibility index (Phi) is 4.30. The van der Waals surface area contributed by atoms with Gasteiger partial charge in [-0.25, -0.2) is 0 Å². The van der Waals surface area contributed by atoms with Gasteiger partial charge in [0.05, 0.1) is 29.0 Å². The molecule has 126 valence electrons. The third-order valence-corrected chi connectivity index (χ3v) is 3.77. The van der Waals surface area contributed by atoms with Gasteiger partial charge in [-0.2, -0.15) is 10.1 Å². The predicted octanol–water partition coefficient (Wildman–Crippen LogP) is 3.41. The zero-order valence-corrected chi connectivity index (χ0v) is 13.7. The highest BCUT2D eigenvalue weighted by molar-refractivity contribution is 6.32. The van der Waals surface area contributed by atoms with Gasteiger partial charge in [0.2, 0.25) is 0 Å². The first-order valence-electron chi connectivity index (χ1n) is 7.50. The number of methoxy groups -OCH3 is 1. The van der Waals surface area contributed by atoms with E-state index >= 15 is 0 Å². The molecule has 3 rings (SSSR count). The van der Waals surface area contributed by atoms with Gasteiger partial charge in [-0.1, -0.05) is 24.3 Å². The number of hydrogen-bond donors (Lipinski definition) is 0. The van der Waals surface area contributed by atoms with Gasteiger partial charge in [0.25, 0.3) is 5.91 Å². The molecule has 0 bridgehead atoms. The van der Waals surface area contributed by atoms with Gasteiger partial charge in [0.1, 0.15) is 0 Å². The maximum absolute atomic E-state index is 12.6. The summed E-state index contributed by atoms with van der Waals surface area (Å²) in [5, 5.41) is 16.7. The molecular weight excluding hydrogens is 322 g/mol. The van der Waals surface area contributed by atoms with Gasteiger partial charge in [-0.05, 0) is 36.8 Å². The summed E-state index contributed by atoms with van der Waals surface area (Å²) in [6.07, 6.45) is 1.59. The van der Waals surface area contributed by atoms with Crippen LogP contribution in [-0.4, -0.2) is 23.7 Å². The van der Waals surface area contributed by atoms with E-state index in [1.165, 1.54) is 24.3 Å². The van der Waals surface area contributed by atoms with E-state index in [0.29, 0.717) is 22.5 Å². The number of carbonyl (C=O) groups is 1. The smallest absolute Gasteiger partial charge is 0.311 e. The van der Waals surface area contributed by atoms with Crippen LogP contribution < -0.4 is 9.75 Å². The number of para-hydroxylation sites is 1. The second-order valence-corrected chi connectivity index (χ2v) is 5.38. The normalized spacial score (nSPS) is 15.4. The van der Waals surface area contributed by atoms with Crippen molar-refractivity contribution >= 4 is 29.1 Å². The van der Waals surface area contributed by atoms with Crippen LogP contribution in [0.15, 0.2) is 59.2 Å². The lowest BCUT2D eigenvalue weighted by Gasteiger charge is -2.11. The highest BCUT2D eigenvalue weighted by atomic mass is 16.6. The lowest BCUT2D eigenvalue weighted by Crippen LogP contribution is -2.21. The van der Waals surface area contributed by atoms with Gasteiger partial charge in [0, 0.05) is 6.07 Å². The molecule has 1 amide bonds. The number of carbonyl (C=O) groups excluding carboxylic acids is 1. The van der Waals surface area contributed by atoms with Gasteiger partial charge in [-0.3, -0.25) is 14.9 Å². The highest BCUT2D eigenvalue weighted by Gasteiger charge is 2.28. The number of nitro groups is 1. The Morgan fingerprint density at radius 1 is 1.20 bits per heavy atom. The standard InChI is InChI=1S/C18H15N3O4/c1-12-15(18(22)20(19-12)14-6-4-3-5-7-14)10-13-8-9-17(25-2)16(11-13)21(23)24/h3-11H,1-2H3/b15-10+. The molecule has 25 heavy (non-hydrogen) atoms. The zero-order valence-electron chi connectivity index (χ0n) is 13.7. The maximum atomic E-state index is 12.6. The molecule has 0 saturated carbocycles. The molecule has 0 N–H and O–H groups in total. The van der Waals surface area contributed by atoms with E-state index in [9.17, 15) is 14.9 Å². The number of anilines is 1. The second kappa shape index (κ2) is 6.56. The summed E-state index contributed by atoms with van der Waals surface area (Å²) in [5.41, 5.74) is 1.98. The van der Waals surface area contributed by atoms with E-state index < -0.39 is 4.92 Å². The topological polar surface area (TPSA) is 85.0 Å². The predicted molar refractivity (Wildman–Crippen MR) is 94.7 cm³/mol. The molecule has 7 heteroatoms. The average molecular weight is 337 g/mol. The number of ether oxygens (including phenoxy) is 1. The summed E-state index contributed by atoms with van der Waals surface area (Å²) in [5.74, 6) is -0.108. The lowest BCUT2D eigenvalue weighted by atomic mass is 10.1. The highest BCUT2D eigenvalue weighted by Crippen LogP contribution is 2.30. The van der Waals surface area contributed by atoms with E-state index in [2.05, 4.69) is 5.10 Å². The zero-order chi connectivity index (χ0) is 18.0. The molecule has 0 unspecified atom stereocenters. The number of rotatable bonds is 4. The van der Waals surface area contributed by atoms with Gasteiger partial charge in [-0.15, -0.1) is 0 Å². The quantitative estimate of drug-likeness (QED) is 0.486. The monoisotopic (exact) mass is 337 g/mol. The Morgan fingerprint density at radius 3 is 2.56 bits per heavy atom. The summed E-state index contributed by atoms with van der Waals surface area (Å²) in [7, 11) is 1.37. The van der Waals surface area contributed by atoms with Crippen LogP contribution in [-0.2, 0) is 4.79 Å². The first-order chi connectivity index (χ1) is 12.0. The molecule has 7 nitrogen and oxygen atoms in total. The summed E-state index contributed by atoms with van der Waals surface area (Å²) in [4.78, 5) is 23.3. The van der Waals surface area contributed by atoms with Crippen LogP contribution in [0.3, 0.4) is 0 Å². The fourth-order valence-electron chi connectivity index (χ4n) is 2.53. The van der Waals surface area contributed by atoms with Crippen molar-refractivity contribution in [3.05, 3.63) is 69.8 Å². The number of nitrogens with zero attached hydrogens (tertiary/aromatic N) is 3. The summed E-state index contributed by atoms with van der Waals surface area (Å²) < 4.78 is 4.99. The Labute approximate surface area is 144 Å². The minimum absolute atomic E-state index is 0.156. The number of hydrazone groups is 1. The van der Waals surface area contributed by atoms with Crippen LogP contribution >= 0.6 is 0 Å². The SMILES string of the molecule is COc1ccc(/C=C2/C(=O)N(c3ccccc3)N=C2C)cc1[N+](=O)[O-]. The van der Waals surface area contributed by atoms with Crippen LogP contribution in [0.1, 0.15) is 12.5 Å². The van der Waals surface area contributed by atoms with Crippen LogP contribution in [0.5, 0.6) is 5.75 Å². The number of hydrogen-bond acceptors (Lipinski definition) is 5. The molecule has 2 aromatic carbocycles. The van der Waals surface area contributed by atoms with Crippen molar-refractivity contribution in [2.75, 3.05) is 12.1 Å². The fourth-order valence-corrected chi connectivity index (χ4v) is 2.53. The van der Waals surface area contributed by atoms with E-state index in [0.717, 1.165) is 0 Å². The molecule has 2 aromatic rings. The third kappa shape index (κ3) is 3.12. The molecular formula is C18H15N3O4. The molecule has 0 saturated heterocycles. The Balaban J connectivity index is 1.97. The van der Waals surface area contributed by atoms with E-state index in [1.807, 2.05) is 18.2 Å². The largest absolute Gasteiger partial charge is 0.490 e. The summed E-state index contributed by atoms with van der Waals surface area (Å²) in [6.45, 7) is 1.73. The van der Waals surface area contributed by atoms with Gasteiger partial charge >= 0.3 is 5.69 Å². The molecule has 1 aliphatic heterocycles. The van der Waals surface area contributed by atoms with Gasteiger partial charge < -0.3 is 4.74 Å². The molecule has 0 aromatic heterocycles. The van der Waals surface area contributed by atoms with Crippen molar-refractivity contribution < 1.29 is 14.5 Å². The number of nitro benzene ring substituents is 1. The van der Waals surface area contributed by atoms with E-state index in [1.54, 1.807) is 31.2 Å². The average Bonchev–Trinajstić information content (AvgIpc) is 2.90. The molecule has 0 spiro atoms. The van der Waals surface area contributed by atoms with Crippen LogP contribution in [0.25, 0.3) is 6.08 Å². The van der Waals surface area contributed by atoms with Crippen LogP contribution in [0, 0.1) is 10.1 Å². The van der Waals surface area contributed by atoms with Crippen LogP contribution in [0.4, 0.5) is 11.4 Å². The molecule has 1 aliphatic rings. The van der Waals surface area contributed by atoms with Crippen molar-refractivity contribution in [1.82, 2.24) is 0 Å². The Hall–Kier alpha value is -3.48. The van der Waals surface area contributed by atoms with Crippen molar-refractivity contribution in [3.8, 4) is 5.75 Å². The Bertz CT molecular complexity index is 904. The molecule has 1 heterocycles. The lowest BCUT2D eigenvalue weighted by molar-refractivity contribution is -0.385. The first kappa shape index (κ1) is 16.4. The van der Waals surface area contributed by atoms with Crippen molar-refractivity contribution in [3.63, 3.8) is 0 Å². The molecule has 0 fully saturated rings. The van der Waals surface area contributed by atoms with Crippen molar-refractivity contribution in [1.29, 1.82) is 0 Å². The number of amides is 1. The van der Waals surface area contributed by atoms with Crippen molar-refractivity contribution in [2.45, 2.75) is 6.92 Å². The van der Waals surface area contributed by atoms with E-state index in [-0.39, 0.29) is 17.3 Å². The minimum Gasteiger partial charge on any atom is -0.490 e. The van der Waals surface area contributed by atoms with Gasteiger partial charge in [0.15, 0.2) is 5.75 Å². The molecule has 0 radical (unpaired) electrons. The summed E-state index contributed by atoms with van der Waals surface area (Å²) >= 11 is 0. The Morgan fingerprint density at radius 2 is 1.92 bits per heavy atom. The van der Waals surface area contributed by atoms with Crippen LogP contribution in [0.2, 0.25) is 0 Å². The third-order valence-electron chi connectivity index (χ3n) is 3.77. The molecule has 0 aliphatic carbocycles. The minimum atomic E-state index is -0.519. The van der Waals surface area contributed by atoms with Crippen molar-refractivity contribution in [2.24, 2.45) is 5.10 Å². The first-order valence-corrected chi connectivity index (χ1v) is 7.50. The number of benzene rings is 2. The fraction of sp³-hybridized carbons (Fsp3) is 0.111. The summed E-state index contributed by atoms with van der Waals surface area (Å²) in [6, 6.07) is 13.6. The van der Waals surface area contributed by atoms with E-state index in [4.69, 9.17) is 4.74 Å². The molecule has 0 atom stereocenters.